The van der Waals surface area contributed by atoms with Gasteiger partial charge >= 0.3 is 0 Å². The number of hydrogen-bond acceptors (Lipinski definition) is 3. The van der Waals surface area contributed by atoms with Crippen LogP contribution in [-0.2, 0) is 21.2 Å². The molecule has 0 aromatic heterocycles. The lowest BCUT2D eigenvalue weighted by molar-refractivity contribution is 0.305. The predicted molar refractivity (Wildman–Crippen MR) is 87.6 cm³/mol. The Bertz CT molecular complexity index is 730. The van der Waals surface area contributed by atoms with Crippen LogP contribution in [0.2, 0.25) is 0 Å². The van der Waals surface area contributed by atoms with E-state index >= 15 is 0 Å². The van der Waals surface area contributed by atoms with E-state index in [1.807, 2.05) is 54.6 Å². The number of rotatable bonds is 5. The van der Waals surface area contributed by atoms with Crippen molar-refractivity contribution in [3.05, 3.63) is 65.7 Å². The molecule has 1 aliphatic rings. The summed E-state index contributed by atoms with van der Waals surface area (Å²) < 4.78 is 29.3. The molecule has 22 heavy (non-hydrogen) atoms. The first-order chi connectivity index (χ1) is 10.5. The first-order valence-corrected chi connectivity index (χ1v) is 9.37. The highest BCUT2D eigenvalue weighted by Crippen LogP contribution is 2.47. The fourth-order valence-corrected chi connectivity index (χ4v) is 4.56. The molecule has 0 bridgehead atoms. The van der Waals surface area contributed by atoms with Gasteiger partial charge in [-0.05, 0) is 42.5 Å². The van der Waals surface area contributed by atoms with Crippen molar-refractivity contribution in [2.24, 2.45) is 0 Å². The summed E-state index contributed by atoms with van der Waals surface area (Å²) in [6.45, 7) is 0.511. The molecule has 1 saturated carbocycles. The fraction of sp³-hybridized carbons (Fsp3) is 0.333. The van der Waals surface area contributed by atoms with Gasteiger partial charge in [0.2, 0.25) is 0 Å². The molecule has 1 aliphatic carbocycles. The summed E-state index contributed by atoms with van der Waals surface area (Å²) in [5.74, 6) is 0.760. The topological polar surface area (TPSA) is 43.4 Å². The second-order valence-electron chi connectivity index (χ2n) is 5.92. The normalized spacial score (nSPS) is 16.8. The van der Waals surface area contributed by atoms with Gasteiger partial charge in [-0.1, -0.05) is 42.5 Å². The fourth-order valence-electron chi connectivity index (χ4n) is 2.97. The van der Waals surface area contributed by atoms with E-state index in [9.17, 15) is 8.42 Å². The quantitative estimate of drug-likeness (QED) is 0.845. The van der Waals surface area contributed by atoms with Crippen molar-refractivity contribution < 1.29 is 13.2 Å². The highest BCUT2D eigenvalue weighted by atomic mass is 32.2. The molecule has 0 aliphatic heterocycles. The average molecular weight is 316 g/mol. The van der Waals surface area contributed by atoms with Gasteiger partial charge in [-0.2, -0.15) is 0 Å². The van der Waals surface area contributed by atoms with Crippen molar-refractivity contribution in [1.29, 1.82) is 0 Å². The molecule has 1 fully saturated rings. The molecule has 0 heterocycles. The molecule has 4 heteroatoms. The molecule has 3 nitrogen and oxygen atoms in total. The lowest BCUT2D eigenvalue weighted by atomic mass is 9.79. The Balaban J connectivity index is 1.73. The van der Waals surface area contributed by atoms with Crippen LogP contribution in [0.4, 0.5) is 0 Å². The van der Waals surface area contributed by atoms with Gasteiger partial charge in [0.1, 0.15) is 12.4 Å². The van der Waals surface area contributed by atoms with Crippen molar-refractivity contribution in [3.63, 3.8) is 0 Å². The van der Waals surface area contributed by atoms with Crippen LogP contribution in [0, 0.1) is 0 Å². The van der Waals surface area contributed by atoms with Crippen LogP contribution < -0.4 is 4.74 Å². The largest absolute Gasteiger partial charge is 0.489 e. The summed E-state index contributed by atoms with van der Waals surface area (Å²) in [4.78, 5) is 0. The van der Waals surface area contributed by atoms with E-state index in [0.29, 0.717) is 6.61 Å². The molecule has 116 valence electrons. The number of hydrogen-bond donors (Lipinski definition) is 0. The molecule has 2 aromatic carbocycles. The SMILES string of the molecule is CS(=O)(=O)C1(c2ccc(OCc3ccccc3)cc2)CCC1. The predicted octanol–water partition coefficient (Wildman–Crippen LogP) is 3.69. The molecular weight excluding hydrogens is 296 g/mol. The van der Waals surface area contributed by atoms with Crippen molar-refractivity contribution in [1.82, 2.24) is 0 Å². The number of ether oxygens (including phenoxy) is 1. The maximum Gasteiger partial charge on any atom is 0.157 e. The van der Waals surface area contributed by atoms with Crippen LogP contribution in [0.15, 0.2) is 54.6 Å². The van der Waals surface area contributed by atoms with E-state index in [1.165, 1.54) is 6.26 Å². The third kappa shape index (κ3) is 2.75. The van der Waals surface area contributed by atoms with Gasteiger partial charge in [0, 0.05) is 6.26 Å². The summed E-state index contributed by atoms with van der Waals surface area (Å²) >= 11 is 0. The second kappa shape index (κ2) is 5.76. The molecule has 0 N–H and O–H groups in total. The van der Waals surface area contributed by atoms with Gasteiger partial charge in [-0.15, -0.1) is 0 Å². The second-order valence-corrected chi connectivity index (χ2v) is 8.24. The van der Waals surface area contributed by atoms with Crippen LogP contribution in [0.5, 0.6) is 5.75 Å². The third-order valence-electron chi connectivity index (χ3n) is 4.50. The van der Waals surface area contributed by atoms with Gasteiger partial charge < -0.3 is 4.74 Å². The van der Waals surface area contributed by atoms with Crippen LogP contribution >= 0.6 is 0 Å². The van der Waals surface area contributed by atoms with Crippen LogP contribution in [-0.4, -0.2) is 14.7 Å². The van der Waals surface area contributed by atoms with Crippen LogP contribution in [0.1, 0.15) is 30.4 Å². The minimum Gasteiger partial charge on any atom is -0.489 e. The average Bonchev–Trinajstić information content (AvgIpc) is 2.45. The van der Waals surface area contributed by atoms with E-state index in [1.54, 1.807) is 0 Å². The van der Waals surface area contributed by atoms with Crippen molar-refractivity contribution in [2.45, 2.75) is 30.6 Å². The van der Waals surface area contributed by atoms with Gasteiger partial charge in [-0.25, -0.2) is 8.42 Å². The molecule has 0 spiro atoms. The summed E-state index contributed by atoms with van der Waals surface area (Å²) in [7, 11) is -3.09. The highest BCUT2D eigenvalue weighted by Gasteiger charge is 2.47. The minimum absolute atomic E-state index is 0.511. The molecular formula is C18H20O3S. The lowest BCUT2D eigenvalue weighted by Crippen LogP contribution is -2.41. The molecule has 0 unspecified atom stereocenters. The summed E-state index contributed by atoms with van der Waals surface area (Å²) in [5.41, 5.74) is 1.99. The van der Waals surface area contributed by atoms with Crippen molar-refractivity contribution in [3.8, 4) is 5.75 Å². The Morgan fingerprint density at radius 2 is 1.64 bits per heavy atom. The van der Waals surface area contributed by atoms with Gasteiger partial charge in [-0.3, -0.25) is 0 Å². The number of sulfone groups is 1. The molecule has 0 atom stereocenters. The maximum atomic E-state index is 12.1. The van der Waals surface area contributed by atoms with Crippen molar-refractivity contribution >= 4 is 9.84 Å². The summed E-state index contributed by atoms with van der Waals surface area (Å²) in [6, 6.07) is 17.5. The molecule has 3 rings (SSSR count). The van der Waals surface area contributed by atoms with E-state index in [2.05, 4.69) is 0 Å². The first-order valence-electron chi connectivity index (χ1n) is 7.48. The zero-order chi connectivity index (χ0) is 15.6. The van der Waals surface area contributed by atoms with E-state index in [4.69, 9.17) is 4.74 Å². The lowest BCUT2D eigenvalue weighted by Gasteiger charge is -2.40. The smallest absolute Gasteiger partial charge is 0.157 e. The van der Waals surface area contributed by atoms with Gasteiger partial charge in [0.25, 0.3) is 0 Å². The van der Waals surface area contributed by atoms with Gasteiger partial charge in [0.15, 0.2) is 9.84 Å². The monoisotopic (exact) mass is 316 g/mol. The third-order valence-corrected chi connectivity index (χ3v) is 6.56. The van der Waals surface area contributed by atoms with Crippen molar-refractivity contribution in [2.75, 3.05) is 6.26 Å². The van der Waals surface area contributed by atoms with E-state index in [-0.39, 0.29) is 0 Å². The zero-order valence-corrected chi connectivity index (χ0v) is 13.5. The van der Waals surface area contributed by atoms with Crippen LogP contribution in [0.3, 0.4) is 0 Å². The van der Waals surface area contributed by atoms with E-state index in [0.717, 1.165) is 36.1 Å². The number of benzene rings is 2. The molecule has 0 amide bonds. The highest BCUT2D eigenvalue weighted by molar-refractivity contribution is 7.91. The Labute approximate surface area is 131 Å². The zero-order valence-electron chi connectivity index (χ0n) is 12.7. The molecule has 0 radical (unpaired) electrons. The maximum absolute atomic E-state index is 12.1. The Hall–Kier alpha value is -1.81. The molecule has 0 saturated heterocycles. The summed E-state index contributed by atoms with van der Waals surface area (Å²) in [5, 5.41) is 0. The van der Waals surface area contributed by atoms with Crippen LogP contribution in [0.25, 0.3) is 0 Å². The standard InChI is InChI=1S/C18H20O3S/c1-22(19,20)18(12-5-13-18)16-8-10-17(11-9-16)21-14-15-6-3-2-4-7-15/h2-4,6-11H,5,12-14H2,1H3. The molecule has 2 aromatic rings. The minimum atomic E-state index is -3.09. The Morgan fingerprint density at radius 3 is 2.14 bits per heavy atom. The first kappa shape index (κ1) is 15.1. The van der Waals surface area contributed by atoms with Gasteiger partial charge in [0.05, 0.1) is 4.75 Å². The Morgan fingerprint density at radius 1 is 1.00 bits per heavy atom. The summed E-state index contributed by atoms with van der Waals surface area (Å²) in [6.07, 6.45) is 3.75. The van der Waals surface area contributed by atoms with E-state index < -0.39 is 14.6 Å². The Kier molecular flexibility index (Phi) is 3.96.